The molecule has 6 heteroatoms. The fourth-order valence-electron chi connectivity index (χ4n) is 3.84. The fraction of sp³-hybridized carbons (Fsp3) is 0.350. The summed E-state index contributed by atoms with van der Waals surface area (Å²) in [6.07, 6.45) is 2.57. The minimum absolute atomic E-state index is 0.0682. The van der Waals surface area contributed by atoms with E-state index in [0.29, 0.717) is 5.69 Å². The van der Waals surface area contributed by atoms with Gasteiger partial charge in [0.2, 0.25) is 5.91 Å². The lowest BCUT2D eigenvalue weighted by Crippen LogP contribution is -2.32. The number of sulfonamides is 1. The first kappa shape index (κ1) is 17.1. The van der Waals surface area contributed by atoms with Gasteiger partial charge in [0.15, 0.2) is 0 Å². The van der Waals surface area contributed by atoms with Crippen molar-refractivity contribution in [3.05, 3.63) is 53.1 Å². The first-order valence-corrected chi connectivity index (χ1v) is 10.5. The van der Waals surface area contributed by atoms with Crippen LogP contribution in [-0.4, -0.2) is 20.9 Å². The second-order valence-electron chi connectivity index (χ2n) is 6.99. The van der Waals surface area contributed by atoms with Gasteiger partial charge in [0.05, 0.1) is 16.5 Å². The maximum atomic E-state index is 12.9. The molecule has 0 saturated heterocycles. The molecule has 2 heterocycles. The lowest BCUT2D eigenvalue weighted by atomic mass is 9.97. The number of anilines is 2. The molecule has 5 nitrogen and oxygen atoms in total. The first-order chi connectivity index (χ1) is 12.4. The van der Waals surface area contributed by atoms with Gasteiger partial charge in [-0.15, -0.1) is 0 Å². The quantitative estimate of drug-likeness (QED) is 0.896. The molecule has 136 valence electrons. The van der Waals surface area contributed by atoms with Gasteiger partial charge in [-0.25, -0.2) is 8.42 Å². The molecule has 2 aliphatic heterocycles. The summed E-state index contributed by atoms with van der Waals surface area (Å²) >= 11 is 0. The highest BCUT2D eigenvalue weighted by Crippen LogP contribution is 2.44. The molecule has 0 bridgehead atoms. The minimum atomic E-state index is -3.70. The second-order valence-corrected chi connectivity index (χ2v) is 8.67. The Morgan fingerprint density at radius 3 is 2.62 bits per heavy atom. The molecule has 0 spiro atoms. The van der Waals surface area contributed by atoms with E-state index in [1.165, 1.54) is 0 Å². The van der Waals surface area contributed by atoms with Gasteiger partial charge in [-0.05, 0) is 67.1 Å². The molecule has 0 radical (unpaired) electrons. The Morgan fingerprint density at radius 1 is 1.19 bits per heavy atom. The van der Waals surface area contributed by atoms with E-state index in [-0.39, 0.29) is 16.7 Å². The number of hydrogen-bond donors (Lipinski definition) is 1. The number of amides is 1. The van der Waals surface area contributed by atoms with Gasteiger partial charge in [0.1, 0.15) is 0 Å². The largest absolute Gasteiger partial charge is 0.311 e. The van der Waals surface area contributed by atoms with Crippen LogP contribution in [0.3, 0.4) is 0 Å². The summed E-state index contributed by atoms with van der Waals surface area (Å²) in [4.78, 5) is 14.5. The van der Waals surface area contributed by atoms with Gasteiger partial charge in [-0.3, -0.25) is 9.52 Å². The number of nitrogens with zero attached hydrogens (tertiary/aromatic N) is 1. The van der Waals surface area contributed by atoms with E-state index in [1.54, 1.807) is 24.3 Å². The van der Waals surface area contributed by atoms with Crippen LogP contribution in [0.25, 0.3) is 0 Å². The smallest absolute Gasteiger partial charge is 0.261 e. The zero-order valence-electron chi connectivity index (χ0n) is 15.0. The van der Waals surface area contributed by atoms with Crippen LogP contribution in [0.2, 0.25) is 0 Å². The summed E-state index contributed by atoms with van der Waals surface area (Å²) in [6.45, 7) is 4.63. The number of nitrogens with one attached hydrogen (secondary N) is 1. The predicted octanol–water partition coefficient (Wildman–Crippen LogP) is 3.45. The summed E-state index contributed by atoms with van der Waals surface area (Å²) in [5, 5.41) is 0. The summed E-state index contributed by atoms with van der Waals surface area (Å²) < 4.78 is 28.5. The average Bonchev–Trinajstić information content (AvgIpc) is 2.89. The third-order valence-corrected chi connectivity index (χ3v) is 6.68. The Morgan fingerprint density at radius 2 is 1.92 bits per heavy atom. The number of rotatable bonds is 4. The van der Waals surface area contributed by atoms with E-state index in [1.807, 2.05) is 24.0 Å². The van der Waals surface area contributed by atoms with Crippen molar-refractivity contribution < 1.29 is 13.2 Å². The number of carbonyl (C=O) groups excluding carboxylic acids is 1. The van der Waals surface area contributed by atoms with Gasteiger partial charge in [-0.2, -0.15) is 0 Å². The van der Waals surface area contributed by atoms with Gasteiger partial charge in [0, 0.05) is 12.2 Å². The van der Waals surface area contributed by atoms with Crippen molar-refractivity contribution in [1.29, 1.82) is 0 Å². The zero-order chi connectivity index (χ0) is 18.5. The second kappa shape index (κ2) is 6.13. The molecule has 1 unspecified atom stereocenters. The van der Waals surface area contributed by atoms with Crippen molar-refractivity contribution in [1.82, 2.24) is 0 Å². The molecule has 2 aromatic rings. The highest BCUT2D eigenvalue weighted by molar-refractivity contribution is 7.92. The Kier molecular flexibility index (Phi) is 4.03. The number of benzene rings is 2. The van der Waals surface area contributed by atoms with Crippen LogP contribution in [0.4, 0.5) is 11.4 Å². The topological polar surface area (TPSA) is 66.5 Å². The van der Waals surface area contributed by atoms with Crippen LogP contribution >= 0.6 is 0 Å². The molecule has 0 aromatic heterocycles. The normalized spacial score (nSPS) is 18.8. The highest BCUT2D eigenvalue weighted by atomic mass is 32.2. The lowest BCUT2D eigenvalue weighted by Gasteiger charge is -2.26. The van der Waals surface area contributed by atoms with Crippen molar-refractivity contribution in [2.24, 2.45) is 0 Å². The average molecular weight is 370 g/mol. The molecule has 0 fully saturated rings. The fourth-order valence-corrected chi connectivity index (χ4v) is 4.99. The van der Waals surface area contributed by atoms with Crippen LogP contribution in [0.5, 0.6) is 0 Å². The maximum absolute atomic E-state index is 12.9. The highest BCUT2D eigenvalue weighted by Gasteiger charge is 2.38. The molecule has 1 amide bonds. The molecular formula is C20H22N2O3S. The van der Waals surface area contributed by atoms with Gasteiger partial charge < -0.3 is 4.90 Å². The van der Waals surface area contributed by atoms with Gasteiger partial charge >= 0.3 is 0 Å². The molecular weight excluding hydrogens is 348 g/mol. The van der Waals surface area contributed by atoms with E-state index in [0.717, 1.165) is 48.2 Å². The third kappa shape index (κ3) is 2.69. The molecule has 0 aliphatic carbocycles. The Bertz CT molecular complexity index is 981. The van der Waals surface area contributed by atoms with E-state index in [9.17, 15) is 13.2 Å². The minimum Gasteiger partial charge on any atom is -0.311 e. The van der Waals surface area contributed by atoms with Crippen molar-refractivity contribution in [2.75, 3.05) is 16.2 Å². The van der Waals surface area contributed by atoms with Gasteiger partial charge in [-0.1, -0.05) is 19.1 Å². The van der Waals surface area contributed by atoms with E-state index >= 15 is 0 Å². The lowest BCUT2D eigenvalue weighted by molar-refractivity contribution is -0.119. The first-order valence-electron chi connectivity index (χ1n) is 9.00. The summed E-state index contributed by atoms with van der Waals surface area (Å²) in [6, 6.07) is 10.8. The number of hydrogen-bond acceptors (Lipinski definition) is 3. The van der Waals surface area contributed by atoms with Crippen LogP contribution in [0, 0.1) is 0 Å². The van der Waals surface area contributed by atoms with Crippen LogP contribution in [-0.2, 0) is 27.7 Å². The molecule has 4 rings (SSSR count). The van der Waals surface area contributed by atoms with E-state index in [2.05, 4.69) is 11.6 Å². The van der Waals surface area contributed by atoms with Gasteiger partial charge in [0.25, 0.3) is 10.0 Å². The van der Waals surface area contributed by atoms with Crippen molar-refractivity contribution in [2.45, 2.75) is 43.9 Å². The van der Waals surface area contributed by atoms with E-state index < -0.39 is 10.0 Å². The molecule has 2 aromatic carbocycles. The maximum Gasteiger partial charge on any atom is 0.261 e. The summed E-state index contributed by atoms with van der Waals surface area (Å²) in [7, 11) is -3.70. The standard InChI is InChI=1S/C20H22N2O3S/c1-3-14-6-8-16(9-7-14)21-26(24,25)17-11-15-5-4-10-22-19(15)18(12-17)13(2)20(22)23/h6-9,11-13,21H,3-5,10H2,1-2H3. The SMILES string of the molecule is CCc1ccc(NS(=O)(=O)c2cc3c4c(c2)C(C)C(=O)N4CCC3)cc1. The molecule has 2 aliphatic rings. The van der Waals surface area contributed by atoms with Crippen LogP contribution in [0.1, 0.15) is 42.9 Å². The van der Waals surface area contributed by atoms with E-state index in [4.69, 9.17) is 0 Å². The summed E-state index contributed by atoms with van der Waals surface area (Å²) in [5.41, 5.74) is 4.41. The van der Waals surface area contributed by atoms with Crippen molar-refractivity contribution in [3.63, 3.8) is 0 Å². The third-order valence-electron chi connectivity index (χ3n) is 5.32. The summed E-state index contributed by atoms with van der Waals surface area (Å²) in [5.74, 6) is -0.223. The van der Waals surface area contributed by atoms with Crippen molar-refractivity contribution in [3.8, 4) is 0 Å². The zero-order valence-corrected chi connectivity index (χ0v) is 15.8. The molecule has 1 atom stereocenters. The molecule has 0 saturated carbocycles. The monoisotopic (exact) mass is 370 g/mol. The van der Waals surface area contributed by atoms with Crippen LogP contribution in [0.15, 0.2) is 41.3 Å². The van der Waals surface area contributed by atoms with Crippen LogP contribution < -0.4 is 9.62 Å². The Hall–Kier alpha value is -2.34. The Labute approximate surface area is 154 Å². The number of carbonyl (C=O) groups is 1. The molecule has 1 N–H and O–H groups in total. The Balaban J connectivity index is 1.72. The predicted molar refractivity (Wildman–Crippen MR) is 102 cm³/mol. The van der Waals surface area contributed by atoms with Crippen molar-refractivity contribution >= 4 is 27.3 Å². The molecule has 26 heavy (non-hydrogen) atoms. The number of aryl methyl sites for hydroxylation is 2.